The van der Waals surface area contributed by atoms with Crippen molar-refractivity contribution in [3.8, 4) is 0 Å². The van der Waals surface area contributed by atoms with Crippen molar-refractivity contribution in [3.63, 3.8) is 0 Å². The molecule has 1 unspecified atom stereocenters. The van der Waals surface area contributed by atoms with Gasteiger partial charge in [-0.3, -0.25) is 9.69 Å². The average Bonchev–Trinajstić information content (AvgIpc) is 2.28. The standard InChI is InChI=1S/C11H16N2O3.Na/c1-7-9(14)12-11(16)13(10(7)15)8-5-3-2-4-6-8;/h7-8H,2-6H2,1H3,(H,12,14,16);/q;+1/p-1. The Kier molecular flexibility index (Phi) is 5.16. The molecule has 3 amide bonds. The minimum absolute atomic E-state index is 0. The maximum atomic E-state index is 11.9. The van der Waals surface area contributed by atoms with E-state index in [-0.39, 0.29) is 41.5 Å². The Hall–Kier alpha value is -0.390. The van der Waals surface area contributed by atoms with Gasteiger partial charge in [-0.1, -0.05) is 19.3 Å². The van der Waals surface area contributed by atoms with Crippen LogP contribution in [0.2, 0.25) is 0 Å². The maximum Gasteiger partial charge on any atom is 1.00 e. The quantitative estimate of drug-likeness (QED) is 0.488. The van der Waals surface area contributed by atoms with Gasteiger partial charge in [0.25, 0.3) is 0 Å². The first kappa shape index (κ1) is 14.7. The number of hydrogen-bond donors (Lipinski definition) is 0. The molecule has 0 aromatic carbocycles. The molecule has 1 aliphatic heterocycles. The van der Waals surface area contributed by atoms with Crippen LogP contribution in [-0.4, -0.2) is 28.8 Å². The van der Waals surface area contributed by atoms with Gasteiger partial charge in [0, 0.05) is 6.04 Å². The van der Waals surface area contributed by atoms with Crippen LogP contribution in [0.4, 0.5) is 4.79 Å². The average molecular weight is 246 g/mol. The second kappa shape index (κ2) is 5.98. The predicted molar refractivity (Wildman–Crippen MR) is 55.7 cm³/mol. The van der Waals surface area contributed by atoms with Gasteiger partial charge in [0.15, 0.2) is 0 Å². The summed E-state index contributed by atoms with van der Waals surface area (Å²) in [5.74, 6) is -1.78. The van der Waals surface area contributed by atoms with Crippen LogP contribution < -0.4 is 34.7 Å². The number of hydrogen-bond acceptors (Lipinski definition) is 3. The smallest absolute Gasteiger partial charge is 0.861 e. The van der Waals surface area contributed by atoms with Gasteiger partial charge in [-0.2, -0.15) is 0 Å². The van der Waals surface area contributed by atoms with E-state index in [9.17, 15) is 14.7 Å². The third-order valence-electron chi connectivity index (χ3n) is 3.33. The molecule has 1 heterocycles. The van der Waals surface area contributed by atoms with Crippen molar-refractivity contribution >= 4 is 17.8 Å². The summed E-state index contributed by atoms with van der Waals surface area (Å²) >= 11 is 0. The fourth-order valence-corrected chi connectivity index (χ4v) is 2.33. The molecule has 1 atom stereocenters. The first-order chi connectivity index (χ1) is 7.61. The molecule has 17 heavy (non-hydrogen) atoms. The summed E-state index contributed by atoms with van der Waals surface area (Å²) < 4.78 is 0. The Morgan fingerprint density at radius 2 is 1.82 bits per heavy atom. The molecular weight excluding hydrogens is 231 g/mol. The van der Waals surface area contributed by atoms with Gasteiger partial charge in [0.1, 0.15) is 0 Å². The summed E-state index contributed by atoms with van der Waals surface area (Å²) in [5.41, 5.74) is 0. The molecule has 1 fully saturated rings. The second-order valence-electron chi connectivity index (χ2n) is 4.45. The molecule has 2 aliphatic rings. The molecule has 0 saturated heterocycles. The van der Waals surface area contributed by atoms with Gasteiger partial charge in [0.2, 0.25) is 5.91 Å². The normalized spacial score (nSPS) is 26.5. The van der Waals surface area contributed by atoms with Gasteiger partial charge in [-0.25, -0.2) is 9.79 Å². The zero-order valence-corrected chi connectivity index (χ0v) is 12.3. The molecule has 1 saturated carbocycles. The van der Waals surface area contributed by atoms with Gasteiger partial charge < -0.3 is 5.11 Å². The topological polar surface area (TPSA) is 72.8 Å². The Bertz CT molecular complexity index is 351. The van der Waals surface area contributed by atoms with Crippen molar-refractivity contribution < 1.29 is 44.3 Å². The molecule has 5 nitrogen and oxygen atoms in total. The maximum absolute atomic E-state index is 11.9. The first-order valence-corrected chi connectivity index (χ1v) is 5.74. The van der Waals surface area contributed by atoms with Crippen molar-refractivity contribution in [2.45, 2.75) is 45.1 Å². The van der Waals surface area contributed by atoms with E-state index in [4.69, 9.17) is 0 Å². The second-order valence-corrected chi connectivity index (χ2v) is 4.45. The molecule has 0 N–H and O–H groups in total. The summed E-state index contributed by atoms with van der Waals surface area (Å²) in [6.45, 7) is 1.51. The van der Waals surface area contributed by atoms with Crippen LogP contribution in [0.1, 0.15) is 39.0 Å². The molecule has 0 spiro atoms. The van der Waals surface area contributed by atoms with Crippen molar-refractivity contribution in [3.05, 3.63) is 0 Å². The number of imide groups is 1. The van der Waals surface area contributed by atoms with Crippen molar-refractivity contribution in [2.24, 2.45) is 10.9 Å². The van der Waals surface area contributed by atoms with Gasteiger partial charge in [-0.15, -0.1) is 0 Å². The number of aliphatic imine (C=N–C) groups is 1. The molecular formula is C11H15N2NaO3. The van der Waals surface area contributed by atoms with Crippen LogP contribution in [0.25, 0.3) is 0 Å². The number of nitrogens with zero attached hydrogens (tertiary/aromatic N) is 2. The van der Waals surface area contributed by atoms with E-state index in [2.05, 4.69) is 4.99 Å². The van der Waals surface area contributed by atoms with Crippen molar-refractivity contribution in [1.29, 1.82) is 0 Å². The van der Waals surface area contributed by atoms with E-state index in [1.807, 2.05) is 0 Å². The Morgan fingerprint density at radius 1 is 1.24 bits per heavy atom. The summed E-state index contributed by atoms with van der Waals surface area (Å²) in [7, 11) is 0. The minimum Gasteiger partial charge on any atom is -0.861 e. The zero-order chi connectivity index (χ0) is 11.7. The molecule has 0 aromatic heterocycles. The number of rotatable bonds is 1. The Balaban J connectivity index is 0.00000144. The first-order valence-electron chi connectivity index (χ1n) is 5.74. The van der Waals surface area contributed by atoms with E-state index < -0.39 is 17.8 Å². The van der Waals surface area contributed by atoms with E-state index in [1.54, 1.807) is 0 Å². The third kappa shape index (κ3) is 2.89. The molecule has 0 radical (unpaired) electrons. The van der Waals surface area contributed by atoms with E-state index in [1.165, 1.54) is 11.8 Å². The van der Waals surface area contributed by atoms with Crippen LogP contribution in [0.3, 0.4) is 0 Å². The van der Waals surface area contributed by atoms with Crippen LogP contribution >= 0.6 is 0 Å². The monoisotopic (exact) mass is 246 g/mol. The van der Waals surface area contributed by atoms with Crippen LogP contribution in [0.15, 0.2) is 4.99 Å². The molecule has 0 aromatic rings. The third-order valence-corrected chi connectivity index (χ3v) is 3.33. The molecule has 6 heteroatoms. The molecule has 0 bridgehead atoms. The van der Waals surface area contributed by atoms with Gasteiger partial charge >= 0.3 is 35.6 Å². The van der Waals surface area contributed by atoms with Crippen LogP contribution in [0, 0.1) is 5.92 Å². The van der Waals surface area contributed by atoms with E-state index in [0.717, 1.165) is 32.1 Å². The SMILES string of the molecule is CC1C(=O)N(C2CCCCC2)C(=O)N=C1[O-].[Na+]. The Labute approximate surface area is 123 Å². The van der Waals surface area contributed by atoms with Gasteiger partial charge in [0.05, 0.1) is 5.92 Å². The fourth-order valence-electron chi connectivity index (χ4n) is 2.33. The summed E-state index contributed by atoms with van der Waals surface area (Å²) in [5, 5.41) is 11.2. The largest absolute Gasteiger partial charge is 1.00 e. The Morgan fingerprint density at radius 3 is 2.41 bits per heavy atom. The molecule has 2 rings (SSSR count). The zero-order valence-electron chi connectivity index (χ0n) is 10.3. The molecule has 1 aliphatic carbocycles. The van der Waals surface area contributed by atoms with Crippen molar-refractivity contribution in [2.75, 3.05) is 0 Å². The summed E-state index contributed by atoms with van der Waals surface area (Å²) in [6, 6.07) is -0.715. The fraction of sp³-hybridized carbons (Fsp3) is 0.727. The van der Waals surface area contributed by atoms with Crippen LogP contribution in [0.5, 0.6) is 0 Å². The number of carbonyl (C=O) groups excluding carboxylic acids is 2. The van der Waals surface area contributed by atoms with E-state index in [0.29, 0.717) is 0 Å². The molecule has 88 valence electrons. The number of urea groups is 1. The van der Waals surface area contributed by atoms with Crippen molar-refractivity contribution in [1.82, 2.24) is 4.90 Å². The van der Waals surface area contributed by atoms with E-state index >= 15 is 0 Å². The van der Waals surface area contributed by atoms with Gasteiger partial charge in [-0.05, 0) is 25.7 Å². The minimum atomic E-state index is -0.792. The predicted octanol–water partition coefficient (Wildman–Crippen LogP) is -2.32. The van der Waals surface area contributed by atoms with Crippen LogP contribution in [-0.2, 0) is 4.79 Å². The number of amides is 3. The summed E-state index contributed by atoms with van der Waals surface area (Å²) in [6.07, 6.45) is 4.90. The summed E-state index contributed by atoms with van der Waals surface area (Å²) in [4.78, 5) is 28.0. The number of carbonyl (C=O) groups is 2.